The third-order valence-electron chi connectivity index (χ3n) is 4.49. The van der Waals surface area contributed by atoms with E-state index in [2.05, 4.69) is 16.5 Å². The third-order valence-corrected chi connectivity index (χ3v) is 5.91. The summed E-state index contributed by atoms with van der Waals surface area (Å²) in [5.41, 5.74) is 7.47. The maximum atomic E-state index is 11.9. The number of hydrogen-bond donors (Lipinski definition) is 2. The van der Waals surface area contributed by atoms with Gasteiger partial charge in [0.15, 0.2) is 0 Å². The van der Waals surface area contributed by atoms with Crippen molar-refractivity contribution < 1.29 is 8.42 Å². The quantitative estimate of drug-likeness (QED) is 0.836. The molecule has 1 saturated carbocycles. The molecule has 0 aliphatic heterocycles. The van der Waals surface area contributed by atoms with E-state index in [1.165, 1.54) is 19.9 Å². The molecule has 21 heavy (non-hydrogen) atoms. The fourth-order valence-electron chi connectivity index (χ4n) is 2.94. The molecule has 3 N–H and O–H groups in total. The molecule has 0 aromatic heterocycles. The first-order valence-electron chi connectivity index (χ1n) is 7.41. The number of sulfonamides is 1. The molecule has 1 aliphatic rings. The zero-order valence-electron chi connectivity index (χ0n) is 13.0. The SMILES string of the molecule is CNS(=O)(=O)c1ccc(N)c(N(C)C2CCC(C)CC2)c1. The van der Waals surface area contributed by atoms with Crippen molar-refractivity contribution in [2.24, 2.45) is 5.92 Å². The van der Waals surface area contributed by atoms with Crippen molar-refractivity contribution >= 4 is 21.4 Å². The van der Waals surface area contributed by atoms with Gasteiger partial charge in [-0.05, 0) is 56.8 Å². The van der Waals surface area contributed by atoms with Crippen molar-refractivity contribution in [2.75, 3.05) is 24.7 Å². The highest BCUT2D eigenvalue weighted by atomic mass is 32.2. The molecule has 0 spiro atoms. The summed E-state index contributed by atoms with van der Waals surface area (Å²) in [6, 6.07) is 5.30. The number of nitrogens with zero attached hydrogens (tertiary/aromatic N) is 1. The van der Waals surface area contributed by atoms with Crippen LogP contribution < -0.4 is 15.4 Å². The van der Waals surface area contributed by atoms with Crippen LogP contribution in [0.25, 0.3) is 0 Å². The van der Waals surface area contributed by atoms with E-state index in [4.69, 9.17) is 5.73 Å². The summed E-state index contributed by atoms with van der Waals surface area (Å²) in [6.45, 7) is 2.28. The van der Waals surface area contributed by atoms with E-state index in [0.29, 0.717) is 11.7 Å². The lowest BCUT2D eigenvalue weighted by Gasteiger charge is -2.35. The van der Waals surface area contributed by atoms with Crippen molar-refractivity contribution in [2.45, 2.75) is 43.5 Å². The van der Waals surface area contributed by atoms with Gasteiger partial charge < -0.3 is 10.6 Å². The Morgan fingerprint density at radius 3 is 2.43 bits per heavy atom. The standard InChI is InChI=1S/C15H25N3O2S/c1-11-4-6-12(7-5-11)18(3)15-10-13(8-9-14(15)16)21(19,20)17-2/h8-12,17H,4-7,16H2,1-3H3. The maximum absolute atomic E-state index is 11.9. The van der Waals surface area contributed by atoms with E-state index >= 15 is 0 Å². The van der Waals surface area contributed by atoms with Gasteiger partial charge in [-0.15, -0.1) is 0 Å². The minimum atomic E-state index is -3.44. The highest BCUT2D eigenvalue weighted by molar-refractivity contribution is 7.89. The number of nitrogen functional groups attached to an aromatic ring is 1. The minimum Gasteiger partial charge on any atom is -0.397 e. The fourth-order valence-corrected chi connectivity index (χ4v) is 3.69. The van der Waals surface area contributed by atoms with Gasteiger partial charge in [0, 0.05) is 13.1 Å². The van der Waals surface area contributed by atoms with Gasteiger partial charge in [-0.3, -0.25) is 0 Å². The third kappa shape index (κ3) is 3.49. The topological polar surface area (TPSA) is 75.4 Å². The van der Waals surface area contributed by atoms with Crippen LogP contribution in [0.1, 0.15) is 32.6 Å². The van der Waals surface area contributed by atoms with Crippen LogP contribution in [0, 0.1) is 5.92 Å². The molecule has 1 aliphatic carbocycles. The molecular weight excluding hydrogens is 286 g/mol. The van der Waals surface area contributed by atoms with Gasteiger partial charge >= 0.3 is 0 Å². The monoisotopic (exact) mass is 311 g/mol. The first-order valence-corrected chi connectivity index (χ1v) is 8.89. The molecule has 6 heteroatoms. The Bertz CT molecular complexity index is 593. The number of anilines is 2. The highest BCUT2D eigenvalue weighted by Crippen LogP contribution is 2.33. The second-order valence-corrected chi connectivity index (χ2v) is 7.84. The van der Waals surface area contributed by atoms with Crippen LogP contribution in [-0.2, 0) is 10.0 Å². The molecular formula is C15H25N3O2S. The molecule has 2 rings (SSSR count). The normalized spacial score (nSPS) is 23.0. The molecule has 0 amide bonds. The lowest BCUT2D eigenvalue weighted by atomic mass is 9.86. The largest absolute Gasteiger partial charge is 0.397 e. The number of nitrogens with one attached hydrogen (secondary N) is 1. The van der Waals surface area contributed by atoms with Gasteiger partial charge in [0.1, 0.15) is 0 Å². The van der Waals surface area contributed by atoms with E-state index in [1.807, 2.05) is 7.05 Å². The van der Waals surface area contributed by atoms with E-state index in [-0.39, 0.29) is 4.90 Å². The molecule has 118 valence electrons. The van der Waals surface area contributed by atoms with Crippen molar-refractivity contribution in [1.29, 1.82) is 0 Å². The molecule has 0 heterocycles. The second-order valence-electron chi connectivity index (χ2n) is 5.95. The zero-order valence-corrected chi connectivity index (χ0v) is 13.8. The Morgan fingerprint density at radius 2 is 1.86 bits per heavy atom. The Hall–Kier alpha value is -1.27. The molecule has 1 aromatic carbocycles. The van der Waals surface area contributed by atoms with Gasteiger partial charge in [-0.2, -0.15) is 0 Å². The Labute approximate surface area is 127 Å². The first kappa shape index (κ1) is 16.1. The highest BCUT2D eigenvalue weighted by Gasteiger charge is 2.24. The van der Waals surface area contributed by atoms with E-state index < -0.39 is 10.0 Å². The molecule has 0 radical (unpaired) electrons. The summed E-state index contributed by atoms with van der Waals surface area (Å²) >= 11 is 0. The molecule has 5 nitrogen and oxygen atoms in total. The average molecular weight is 311 g/mol. The number of nitrogens with two attached hydrogens (primary N) is 1. The first-order chi connectivity index (χ1) is 9.85. The number of hydrogen-bond acceptors (Lipinski definition) is 4. The molecule has 0 bridgehead atoms. The Morgan fingerprint density at radius 1 is 1.24 bits per heavy atom. The van der Waals surface area contributed by atoms with Gasteiger partial charge in [-0.25, -0.2) is 13.1 Å². The van der Waals surface area contributed by atoms with Gasteiger partial charge in [0.05, 0.1) is 16.3 Å². The summed E-state index contributed by atoms with van der Waals surface area (Å²) in [5.74, 6) is 0.781. The van der Waals surface area contributed by atoms with Gasteiger partial charge in [-0.1, -0.05) is 6.92 Å². The second kappa shape index (κ2) is 6.23. The van der Waals surface area contributed by atoms with Crippen LogP contribution in [-0.4, -0.2) is 28.6 Å². The van der Waals surface area contributed by atoms with E-state index in [9.17, 15) is 8.42 Å². The summed E-state index contributed by atoms with van der Waals surface area (Å²) in [6.07, 6.45) is 4.67. The van der Waals surface area contributed by atoms with Crippen LogP contribution in [0.4, 0.5) is 11.4 Å². The van der Waals surface area contributed by atoms with Crippen LogP contribution in [0.5, 0.6) is 0 Å². The van der Waals surface area contributed by atoms with Crippen LogP contribution in [0.3, 0.4) is 0 Å². The van der Waals surface area contributed by atoms with Gasteiger partial charge in [0.2, 0.25) is 10.0 Å². The lowest BCUT2D eigenvalue weighted by Crippen LogP contribution is -2.35. The Kier molecular flexibility index (Phi) is 4.78. The molecule has 1 fully saturated rings. The maximum Gasteiger partial charge on any atom is 0.240 e. The van der Waals surface area contributed by atoms with E-state index in [1.54, 1.807) is 18.2 Å². The summed E-state index contributed by atoms with van der Waals surface area (Å²) in [7, 11) is -0.0263. The predicted molar refractivity (Wildman–Crippen MR) is 86.9 cm³/mol. The van der Waals surface area contributed by atoms with Crippen LogP contribution in [0.15, 0.2) is 23.1 Å². The van der Waals surface area contributed by atoms with E-state index in [0.717, 1.165) is 24.4 Å². The molecule has 1 aromatic rings. The lowest BCUT2D eigenvalue weighted by molar-refractivity contribution is 0.341. The Balaban J connectivity index is 2.28. The van der Waals surface area contributed by atoms with Crippen molar-refractivity contribution in [3.05, 3.63) is 18.2 Å². The van der Waals surface area contributed by atoms with Crippen LogP contribution >= 0.6 is 0 Å². The van der Waals surface area contributed by atoms with Crippen molar-refractivity contribution in [3.8, 4) is 0 Å². The molecule has 0 saturated heterocycles. The predicted octanol–water partition coefficient (Wildman–Crippen LogP) is 2.19. The minimum absolute atomic E-state index is 0.255. The number of rotatable bonds is 4. The smallest absolute Gasteiger partial charge is 0.240 e. The summed E-state index contributed by atoms with van der Waals surface area (Å²) in [4.78, 5) is 2.39. The zero-order chi connectivity index (χ0) is 15.6. The summed E-state index contributed by atoms with van der Waals surface area (Å²) < 4.78 is 26.2. The fraction of sp³-hybridized carbons (Fsp3) is 0.600. The molecule has 0 unspecified atom stereocenters. The van der Waals surface area contributed by atoms with Crippen molar-refractivity contribution in [3.63, 3.8) is 0 Å². The van der Waals surface area contributed by atoms with Crippen LogP contribution in [0.2, 0.25) is 0 Å². The number of benzene rings is 1. The van der Waals surface area contributed by atoms with Gasteiger partial charge in [0.25, 0.3) is 0 Å². The summed E-state index contributed by atoms with van der Waals surface area (Å²) in [5, 5.41) is 0. The average Bonchev–Trinajstić information content (AvgIpc) is 2.47. The molecule has 0 atom stereocenters. The van der Waals surface area contributed by atoms with Crippen molar-refractivity contribution in [1.82, 2.24) is 4.72 Å².